The number of aliphatic hydroxyl groups is 1. The number of imidazole rings is 1. The van der Waals surface area contributed by atoms with Gasteiger partial charge in [0.1, 0.15) is 11.5 Å². The number of thiophene rings is 1. The van der Waals surface area contributed by atoms with Gasteiger partial charge in [-0.15, -0.1) is 11.3 Å². The van der Waals surface area contributed by atoms with E-state index in [2.05, 4.69) is 4.98 Å². The first kappa shape index (κ1) is 14.1. The summed E-state index contributed by atoms with van der Waals surface area (Å²) in [6.45, 7) is 0.0622. The normalized spacial score (nSPS) is 11.2. The number of halogens is 1. The molecular formula is C18H13FN2OS. The predicted molar refractivity (Wildman–Crippen MR) is 89.8 cm³/mol. The minimum atomic E-state index is -0.253. The molecule has 0 aliphatic rings. The molecule has 0 bridgehead atoms. The second-order valence-corrected chi connectivity index (χ2v) is 6.27. The van der Waals surface area contributed by atoms with Crippen LogP contribution in [0.2, 0.25) is 0 Å². The molecular weight excluding hydrogens is 311 g/mol. The SMILES string of the molecule is OCc1cc(-c2ccc3nc(-c4ccc(F)cc4)cn3c2)cs1. The number of aromatic nitrogens is 2. The van der Waals surface area contributed by atoms with E-state index in [4.69, 9.17) is 0 Å². The lowest BCUT2D eigenvalue weighted by Crippen LogP contribution is -1.84. The van der Waals surface area contributed by atoms with Gasteiger partial charge in [0.2, 0.25) is 0 Å². The highest BCUT2D eigenvalue weighted by atomic mass is 32.1. The van der Waals surface area contributed by atoms with Crippen molar-refractivity contribution >= 4 is 17.0 Å². The monoisotopic (exact) mass is 324 g/mol. The molecule has 0 aliphatic heterocycles. The van der Waals surface area contributed by atoms with Crippen LogP contribution in [0, 0.1) is 5.82 Å². The minimum Gasteiger partial charge on any atom is -0.391 e. The van der Waals surface area contributed by atoms with Crippen LogP contribution in [0.25, 0.3) is 28.0 Å². The first-order valence-corrected chi connectivity index (χ1v) is 8.04. The Kier molecular flexibility index (Phi) is 3.44. The quantitative estimate of drug-likeness (QED) is 0.608. The zero-order valence-electron chi connectivity index (χ0n) is 12.1. The van der Waals surface area contributed by atoms with E-state index in [1.54, 1.807) is 23.5 Å². The van der Waals surface area contributed by atoms with Crippen LogP contribution in [0.15, 0.2) is 60.2 Å². The predicted octanol–water partition coefficient (Wildman–Crippen LogP) is 4.36. The van der Waals surface area contributed by atoms with Crippen molar-refractivity contribution in [3.05, 3.63) is 70.9 Å². The summed E-state index contributed by atoms with van der Waals surface area (Å²) in [4.78, 5) is 5.51. The van der Waals surface area contributed by atoms with Crippen LogP contribution in [0.1, 0.15) is 4.88 Å². The van der Waals surface area contributed by atoms with Crippen molar-refractivity contribution in [2.45, 2.75) is 6.61 Å². The van der Waals surface area contributed by atoms with Crippen LogP contribution >= 0.6 is 11.3 Å². The fourth-order valence-electron chi connectivity index (χ4n) is 2.54. The average molecular weight is 324 g/mol. The van der Waals surface area contributed by atoms with E-state index in [-0.39, 0.29) is 12.4 Å². The van der Waals surface area contributed by atoms with Crippen molar-refractivity contribution in [3.8, 4) is 22.4 Å². The maximum absolute atomic E-state index is 13.0. The minimum absolute atomic E-state index is 0.0622. The Morgan fingerprint density at radius 1 is 1.00 bits per heavy atom. The van der Waals surface area contributed by atoms with Crippen LogP contribution in [-0.4, -0.2) is 14.5 Å². The molecule has 0 saturated heterocycles. The van der Waals surface area contributed by atoms with Crippen molar-refractivity contribution in [2.75, 3.05) is 0 Å². The lowest BCUT2D eigenvalue weighted by atomic mass is 10.1. The highest BCUT2D eigenvalue weighted by Gasteiger charge is 2.07. The molecule has 0 saturated carbocycles. The first-order valence-electron chi connectivity index (χ1n) is 7.16. The van der Waals surface area contributed by atoms with Crippen LogP contribution < -0.4 is 0 Å². The van der Waals surface area contributed by atoms with Crippen molar-refractivity contribution in [1.82, 2.24) is 9.38 Å². The second-order valence-electron chi connectivity index (χ2n) is 5.28. The Morgan fingerprint density at radius 3 is 2.52 bits per heavy atom. The Morgan fingerprint density at radius 2 is 1.78 bits per heavy atom. The maximum Gasteiger partial charge on any atom is 0.137 e. The Hall–Kier alpha value is -2.50. The van der Waals surface area contributed by atoms with Crippen molar-refractivity contribution in [2.24, 2.45) is 0 Å². The number of aliphatic hydroxyl groups excluding tert-OH is 1. The van der Waals surface area contributed by atoms with Crippen LogP contribution in [0.3, 0.4) is 0 Å². The summed E-state index contributed by atoms with van der Waals surface area (Å²) < 4.78 is 15.0. The molecule has 0 fully saturated rings. The molecule has 0 amide bonds. The van der Waals surface area contributed by atoms with Gasteiger partial charge in [-0.05, 0) is 59.0 Å². The lowest BCUT2D eigenvalue weighted by molar-refractivity contribution is 0.285. The third-order valence-electron chi connectivity index (χ3n) is 3.73. The van der Waals surface area contributed by atoms with Crippen LogP contribution in [0.4, 0.5) is 4.39 Å². The zero-order valence-corrected chi connectivity index (χ0v) is 12.9. The molecule has 0 aliphatic carbocycles. The zero-order chi connectivity index (χ0) is 15.8. The molecule has 1 aromatic carbocycles. The van der Waals surface area contributed by atoms with Gasteiger partial charge in [0.05, 0.1) is 12.3 Å². The summed E-state index contributed by atoms with van der Waals surface area (Å²) in [5.41, 5.74) is 4.68. The molecule has 23 heavy (non-hydrogen) atoms. The molecule has 3 heterocycles. The van der Waals surface area contributed by atoms with Gasteiger partial charge in [-0.2, -0.15) is 0 Å². The molecule has 0 radical (unpaired) electrons. The summed E-state index contributed by atoms with van der Waals surface area (Å²) in [6.07, 6.45) is 3.95. The van der Waals surface area contributed by atoms with E-state index in [1.165, 1.54) is 12.1 Å². The fraction of sp³-hybridized carbons (Fsp3) is 0.0556. The van der Waals surface area contributed by atoms with E-state index in [9.17, 15) is 9.50 Å². The lowest BCUT2D eigenvalue weighted by Gasteiger charge is -1.99. The van der Waals surface area contributed by atoms with Gasteiger partial charge in [-0.1, -0.05) is 0 Å². The van der Waals surface area contributed by atoms with E-state index in [0.29, 0.717) is 0 Å². The van der Waals surface area contributed by atoms with E-state index in [1.807, 2.05) is 40.4 Å². The van der Waals surface area contributed by atoms with Crippen molar-refractivity contribution in [1.29, 1.82) is 0 Å². The molecule has 4 aromatic rings. The third-order valence-corrected chi connectivity index (χ3v) is 4.66. The molecule has 5 heteroatoms. The number of benzene rings is 1. The number of hydrogen-bond donors (Lipinski definition) is 1. The van der Waals surface area contributed by atoms with Crippen LogP contribution in [0.5, 0.6) is 0 Å². The Labute approximate surface area is 136 Å². The van der Waals surface area contributed by atoms with Gasteiger partial charge >= 0.3 is 0 Å². The number of hydrogen-bond acceptors (Lipinski definition) is 3. The van der Waals surface area contributed by atoms with Crippen molar-refractivity contribution in [3.63, 3.8) is 0 Å². The highest BCUT2D eigenvalue weighted by molar-refractivity contribution is 7.10. The summed E-state index contributed by atoms with van der Waals surface area (Å²) in [5, 5.41) is 11.2. The number of pyridine rings is 1. The number of nitrogens with zero attached hydrogens (tertiary/aromatic N) is 2. The highest BCUT2D eigenvalue weighted by Crippen LogP contribution is 2.27. The molecule has 0 spiro atoms. The smallest absolute Gasteiger partial charge is 0.137 e. The number of fused-ring (bicyclic) bond motifs is 1. The molecule has 1 N–H and O–H groups in total. The number of rotatable bonds is 3. The Bertz CT molecular complexity index is 972. The molecule has 3 aromatic heterocycles. The molecule has 3 nitrogen and oxygen atoms in total. The second kappa shape index (κ2) is 5.61. The largest absolute Gasteiger partial charge is 0.391 e. The molecule has 0 atom stereocenters. The van der Waals surface area contributed by atoms with E-state index >= 15 is 0 Å². The molecule has 114 valence electrons. The summed E-state index contributed by atoms with van der Waals surface area (Å²) in [7, 11) is 0. The third kappa shape index (κ3) is 2.65. The van der Waals surface area contributed by atoms with Gasteiger partial charge in [-0.3, -0.25) is 0 Å². The van der Waals surface area contributed by atoms with E-state index in [0.717, 1.165) is 32.9 Å². The van der Waals surface area contributed by atoms with Crippen molar-refractivity contribution < 1.29 is 9.50 Å². The average Bonchev–Trinajstić information content (AvgIpc) is 3.21. The van der Waals surface area contributed by atoms with Crippen LogP contribution in [-0.2, 0) is 6.61 Å². The summed E-state index contributed by atoms with van der Waals surface area (Å²) in [6, 6.07) is 12.3. The van der Waals surface area contributed by atoms with Gasteiger partial charge in [-0.25, -0.2) is 9.37 Å². The van der Waals surface area contributed by atoms with E-state index < -0.39 is 0 Å². The van der Waals surface area contributed by atoms with Gasteiger partial charge in [0, 0.05) is 22.8 Å². The maximum atomic E-state index is 13.0. The molecule has 0 unspecified atom stereocenters. The van der Waals surface area contributed by atoms with Gasteiger partial charge in [0.15, 0.2) is 0 Å². The molecule has 4 rings (SSSR count). The fourth-order valence-corrected chi connectivity index (χ4v) is 3.29. The summed E-state index contributed by atoms with van der Waals surface area (Å²) >= 11 is 1.54. The first-order chi connectivity index (χ1) is 11.2. The van der Waals surface area contributed by atoms with Gasteiger partial charge < -0.3 is 9.51 Å². The summed E-state index contributed by atoms with van der Waals surface area (Å²) in [5.74, 6) is -0.253. The standard InChI is InChI=1S/C18H13FN2OS/c19-15-4-1-12(2-5-15)17-9-21-8-13(3-6-18(21)20-17)14-7-16(10-22)23-11-14/h1-9,11,22H,10H2. The van der Waals surface area contributed by atoms with Gasteiger partial charge in [0.25, 0.3) is 0 Å². The Balaban J connectivity index is 1.75. The topological polar surface area (TPSA) is 37.5 Å².